The van der Waals surface area contributed by atoms with Crippen LogP contribution in [0.1, 0.15) is 16.7 Å². The lowest BCUT2D eigenvalue weighted by atomic mass is 9.98. The van der Waals surface area contributed by atoms with E-state index in [2.05, 4.69) is 40.0 Å². The standard InChI is InChI=1S/C27H26N4O3/c32-26(18-29-27(33)34-20-22-7-2-1-3-8-22)28-17-24-9-4-5-10-25(24)23-13-11-21(12-14-23)19-31-16-6-15-30-31/h1-16H,17-20H2,(H,28,32)(H,29,33). The molecule has 4 rings (SSSR count). The molecule has 0 aliphatic carbocycles. The zero-order valence-electron chi connectivity index (χ0n) is 18.7. The Balaban J connectivity index is 1.27. The first-order valence-electron chi connectivity index (χ1n) is 11.0. The van der Waals surface area contributed by atoms with Crippen LogP contribution in [0, 0.1) is 0 Å². The maximum Gasteiger partial charge on any atom is 0.407 e. The molecule has 2 N–H and O–H groups in total. The Morgan fingerprint density at radius 2 is 1.59 bits per heavy atom. The number of carbonyl (C=O) groups excluding carboxylic acids is 2. The molecule has 3 aromatic carbocycles. The highest BCUT2D eigenvalue weighted by atomic mass is 16.5. The van der Waals surface area contributed by atoms with Crippen molar-refractivity contribution >= 4 is 12.0 Å². The molecule has 0 unspecified atom stereocenters. The van der Waals surface area contributed by atoms with Gasteiger partial charge in [-0.15, -0.1) is 0 Å². The van der Waals surface area contributed by atoms with Crippen LogP contribution >= 0.6 is 0 Å². The van der Waals surface area contributed by atoms with Crippen molar-refractivity contribution in [1.82, 2.24) is 20.4 Å². The van der Waals surface area contributed by atoms with Crippen LogP contribution < -0.4 is 10.6 Å². The number of alkyl carbamates (subject to hydrolysis) is 1. The third-order valence-electron chi connectivity index (χ3n) is 5.27. The van der Waals surface area contributed by atoms with Gasteiger partial charge in [-0.2, -0.15) is 5.10 Å². The summed E-state index contributed by atoms with van der Waals surface area (Å²) in [4.78, 5) is 24.1. The van der Waals surface area contributed by atoms with E-state index in [9.17, 15) is 9.59 Å². The van der Waals surface area contributed by atoms with E-state index in [1.165, 1.54) is 0 Å². The third kappa shape index (κ3) is 6.56. The van der Waals surface area contributed by atoms with Gasteiger partial charge in [0.15, 0.2) is 0 Å². The zero-order valence-corrected chi connectivity index (χ0v) is 18.7. The summed E-state index contributed by atoms with van der Waals surface area (Å²) in [6.45, 7) is 1.07. The van der Waals surface area contributed by atoms with Crippen molar-refractivity contribution in [1.29, 1.82) is 0 Å². The highest BCUT2D eigenvalue weighted by molar-refractivity contribution is 5.82. The van der Waals surface area contributed by atoms with Crippen LogP contribution in [0.25, 0.3) is 11.1 Å². The van der Waals surface area contributed by atoms with Crippen LogP contribution in [0.4, 0.5) is 4.79 Å². The highest BCUT2D eigenvalue weighted by Gasteiger charge is 2.09. The van der Waals surface area contributed by atoms with Crippen LogP contribution in [0.2, 0.25) is 0 Å². The van der Waals surface area contributed by atoms with E-state index in [1.807, 2.05) is 71.5 Å². The Bertz CT molecular complexity index is 1210. The Hall–Kier alpha value is -4.39. The van der Waals surface area contributed by atoms with Gasteiger partial charge < -0.3 is 15.4 Å². The number of rotatable bonds is 9. The molecule has 0 spiro atoms. The van der Waals surface area contributed by atoms with Crippen molar-refractivity contribution in [3.05, 3.63) is 114 Å². The first-order valence-corrected chi connectivity index (χ1v) is 11.0. The van der Waals surface area contributed by atoms with Gasteiger partial charge in [0.2, 0.25) is 5.91 Å². The fourth-order valence-corrected chi connectivity index (χ4v) is 3.51. The molecule has 0 bridgehead atoms. The Kier molecular flexibility index (Phi) is 7.69. The summed E-state index contributed by atoms with van der Waals surface area (Å²) >= 11 is 0. The van der Waals surface area contributed by atoms with Crippen molar-refractivity contribution in [2.75, 3.05) is 6.54 Å². The van der Waals surface area contributed by atoms with Crippen LogP contribution in [-0.2, 0) is 29.2 Å². The molecule has 0 saturated heterocycles. The molecular weight excluding hydrogens is 428 g/mol. The Morgan fingerprint density at radius 3 is 2.35 bits per heavy atom. The summed E-state index contributed by atoms with van der Waals surface area (Å²) in [6.07, 6.45) is 3.07. The molecule has 0 radical (unpaired) electrons. The molecule has 2 amide bonds. The fraction of sp³-hybridized carbons (Fsp3) is 0.148. The monoisotopic (exact) mass is 454 g/mol. The van der Waals surface area contributed by atoms with E-state index in [0.29, 0.717) is 13.1 Å². The summed E-state index contributed by atoms with van der Waals surface area (Å²) in [5.41, 5.74) is 5.14. The fourth-order valence-electron chi connectivity index (χ4n) is 3.51. The van der Waals surface area contributed by atoms with Gasteiger partial charge in [0.1, 0.15) is 13.2 Å². The van der Waals surface area contributed by atoms with Crippen molar-refractivity contribution in [3.8, 4) is 11.1 Å². The quantitative estimate of drug-likeness (QED) is 0.398. The van der Waals surface area contributed by atoms with Gasteiger partial charge in [-0.25, -0.2) is 4.79 Å². The minimum absolute atomic E-state index is 0.155. The van der Waals surface area contributed by atoms with Crippen LogP contribution in [0.3, 0.4) is 0 Å². The molecule has 1 aromatic heterocycles. The number of hydrogen-bond donors (Lipinski definition) is 2. The van der Waals surface area contributed by atoms with Gasteiger partial charge in [0, 0.05) is 18.9 Å². The normalized spacial score (nSPS) is 10.5. The van der Waals surface area contributed by atoms with E-state index >= 15 is 0 Å². The largest absolute Gasteiger partial charge is 0.445 e. The van der Waals surface area contributed by atoms with Crippen molar-refractivity contribution in [2.24, 2.45) is 0 Å². The summed E-state index contributed by atoms with van der Waals surface area (Å²) < 4.78 is 7.00. The number of aromatic nitrogens is 2. The second kappa shape index (κ2) is 11.5. The number of amides is 2. The predicted molar refractivity (Wildman–Crippen MR) is 130 cm³/mol. The molecule has 34 heavy (non-hydrogen) atoms. The molecule has 0 aliphatic heterocycles. The van der Waals surface area contributed by atoms with Crippen LogP contribution in [-0.4, -0.2) is 28.3 Å². The maximum absolute atomic E-state index is 12.2. The second-order valence-corrected chi connectivity index (χ2v) is 7.75. The molecular formula is C27H26N4O3. The summed E-state index contributed by atoms with van der Waals surface area (Å²) in [7, 11) is 0. The lowest BCUT2D eigenvalue weighted by Gasteiger charge is -2.12. The first-order chi connectivity index (χ1) is 16.7. The lowest BCUT2D eigenvalue weighted by Crippen LogP contribution is -2.36. The molecule has 4 aromatic rings. The highest BCUT2D eigenvalue weighted by Crippen LogP contribution is 2.24. The van der Waals surface area contributed by atoms with E-state index in [-0.39, 0.29) is 19.1 Å². The van der Waals surface area contributed by atoms with E-state index < -0.39 is 6.09 Å². The number of nitrogens with zero attached hydrogens (tertiary/aromatic N) is 2. The maximum atomic E-state index is 12.2. The molecule has 0 atom stereocenters. The molecule has 7 heteroatoms. The number of benzene rings is 3. The smallest absolute Gasteiger partial charge is 0.407 e. The summed E-state index contributed by atoms with van der Waals surface area (Å²) in [5.74, 6) is -0.291. The van der Waals surface area contributed by atoms with E-state index in [1.54, 1.807) is 6.20 Å². The Morgan fingerprint density at radius 1 is 0.824 bits per heavy atom. The number of carbonyl (C=O) groups is 2. The third-order valence-corrected chi connectivity index (χ3v) is 5.27. The van der Waals surface area contributed by atoms with Crippen LogP contribution in [0.5, 0.6) is 0 Å². The van der Waals surface area contributed by atoms with Gasteiger partial charge >= 0.3 is 6.09 Å². The first kappa shape index (κ1) is 22.8. The van der Waals surface area contributed by atoms with Gasteiger partial charge in [-0.3, -0.25) is 9.48 Å². The molecule has 0 saturated carbocycles. The average Bonchev–Trinajstić information content (AvgIpc) is 3.39. The predicted octanol–water partition coefficient (Wildman–Crippen LogP) is 4.14. The van der Waals surface area contributed by atoms with Gasteiger partial charge in [0.25, 0.3) is 0 Å². The second-order valence-electron chi connectivity index (χ2n) is 7.75. The summed E-state index contributed by atoms with van der Waals surface area (Å²) in [5, 5.41) is 9.58. The van der Waals surface area contributed by atoms with Crippen molar-refractivity contribution in [3.63, 3.8) is 0 Å². The average molecular weight is 455 g/mol. The molecule has 7 nitrogen and oxygen atoms in total. The SMILES string of the molecule is O=C(CNC(=O)OCc1ccccc1)NCc1ccccc1-c1ccc(Cn2cccn2)cc1. The van der Waals surface area contributed by atoms with E-state index in [4.69, 9.17) is 4.74 Å². The molecule has 0 aliphatic rings. The van der Waals surface area contributed by atoms with Crippen molar-refractivity contribution < 1.29 is 14.3 Å². The van der Waals surface area contributed by atoms with E-state index in [0.717, 1.165) is 27.8 Å². The topological polar surface area (TPSA) is 85.3 Å². The van der Waals surface area contributed by atoms with Crippen molar-refractivity contribution in [2.45, 2.75) is 19.7 Å². The minimum atomic E-state index is -0.630. The lowest BCUT2D eigenvalue weighted by molar-refractivity contribution is -0.120. The number of hydrogen-bond acceptors (Lipinski definition) is 4. The zero-order chi connectivity index (χ0) is 23.6. The van der Waals surface area contributed by atoms with Gasteiger partial charge in [-0.1, -0.05) is 78.9 Å². The van der Waals surface area contributed by atoms with Crippen LogP contribution in [0.15, 0.2) is 97.3 Å². The van der Waals surface area contributed by atoms with Gasteiger partial charge in [-0.05, 0) is 33.9 Å². The summed E-state index contributed by atoms with van der Waals surface area (Å²) in [6, 6.07) is 27.5. The molecule has 0 fully saturated rings. The number of ether oxygens (including phenoxy) is 1. The Labute approximate surface area is 198 Å². The van der Waals surface area contributed by atoms with Gasteiger partial charge in [0.05, 0.1) is 6.54 Å². The minimum Gasteiger partial charge on any atom is -0.445 e. The number of nitrogens with one attached hydrogen (secondary N) is 2. The molecule has 172 valence electrons. The molecule has 1 heterocycles.